The van der Waals surface area contributed by atoms with Crippen molar-refractivity contribution in [2.24, 2.45) is 34.5 Å². The van der Waals surface area contributed by atoms with Crippen molar-refractivity contribution in [1.29, 1.82) is 0 Å². The fourth-order valence-corrected chi connectivity index (χ4v) is 1.72. The van der Waals surface area contributed by atoms with Crippen LogP contribution < -0.4 is 19.5 Å². The Bertz CT molecular complexity index is 795. The normalized spacial score (nSPS) is 12.3. The number of ether oxygens (including phenoxy) is 2. The summed E-state index contributed by atoms with van der Waals surface area (Å²) in [7, 11) is 6.94. The molecule has 0 fully saturated rings. The summed E-state index contributed by atoms with van der Waals surface area (Å²) in [6.45, 7) is 0. The van der Waals surface area contributed by atoms with Gasteiger partial charge in [-0.1, -0.05) is 0 Å². The molecule has 0 amide bonds. The van der Waals surface area contributed by atoms with Gasteiger partial charge in [0.05, 0.1) is 38.6 Å². The van der Waals surface area contributed by atoms with Crippen molar-refractivity contribution < 1.29 is 14.0 Å². The first-order chi connectivity index (χ1) is 11.1. The lowest BCUT2D eigenvalue weighted by Gasteiger charge is -2.01. The molecule has 0 aliphatic carbocycles. The Morgan fingerprint density at radius 1 is 1.13 bits per heavy atom. The molecule has 8 heteroatoms. The van der Waals surface area contributed by atoms with E-state index < -0.39 is 0 Å². The van der Waals surface area contributed by atoms with Crippen molar-refractivity contribution in [3.05, 3.63) is 42.1 Å². The average Bonchev–Trinajstić information content (AvgIpc) is 2.57. The first kappa shape index (κ1) is 16.3. The van der Waals surface area contributed by atoms with Gasteiger partial charge in [0.15, 0.2) is 11.8 Å². The van der Waals surface area contributed by atoms with Gasteiger partial charge in [-0.3, -0.25) is 0 Å². The zero-order valence-corrected chi connectivity index (χ0v) is 13.5. The first-order valence-corrected chi connectivity index (χ1v) is 6.85. The Labute approximate surface area is 134 Å². The number of azo groups is 1. The summed E-state index contributed by atoms with van der Waals surface area (Å²) < 4.78 is 13.9. The molecule has 0 N–H and O–H groups in total. The van der Waals surface area contributed by atoms with Gasteiger partial charge in [0.1, 0.15) is 11.5 Å². The Morgan fingerprint density at radius 2 is 1.87 bits per heavy atom. The van der Waals surface area contributed by atoms with Gasteiger partial charge in [-0.15, -0.1) is 10.2 Å². The average molecular weight is 315 g/mol. The number of methoxy groups -OCH3 is 2. The van der Waals surface area contributed by atoms with Crippen LogP contribution in [0.5, 0.6) is 11.5 Å². The Balaban J connectivity index is 2.14. The van der Waals surface area contributed by atoms with Crippen LogP contribution in [0.3, 0.4) is 0 Å². The third kappa shape index (κ3) is 4.47. The SMILES string of the molecule is COc1cc[n+](C)c(N=NC=NN=c2cc(OC)ccn2C)c1. The van der Waals surface area contributed by atoms with E-state index >= 15 is 0 Å². The molecule has 0 spiro atoms. The minimum Gasteiger partial charge on any atom is -0.497 e. The summed E-state index contributed by atoms with van der Waals surface area (Å²) in [5.41, 5.74) is 0.641. The molecular weight excluding hydrogens is 296 g/mol. The van der Waals surface area contributed by atoms with E-state index in [1.807, 2.05) is 47.8 Å². The molecule has 0 bridgehead atoms. The largest absolute Gasteiger partial charge is 0.497 e. The second-order valence-corrected chi connectivity index (χ2v) is 4.62. The van der Waals surface area contributed by atoms with E-state index in [-0.39, 0.29) is 0 Å². The molecule has 2 rings (SSSR count). The number of aromatic nitrogens is 2. The second kappa shape index (κ2) is 7.83. The van der Waals surface area contributed by atoms with Crippen molar-refractivity contribution in [1.82, 2.24) is 4.57 Å². The van der Waals surface area contributed by atoms with Crippen molar-refractivity contribution in [2.45, 2.75) is 0 Å². The van der Waals surface area contributed by atoms with E-state index in [9.17, 15) is 0 Å². The molecule has 0 aromatic carbocycles. The Kier molecular flexibility index (Phi) is 5.56. The highest BCUT2D eigenvalue weighted by Crippen LogP contribution is 2.14. The van der Waals surface area contributed by atoms with Gasteiger partial charge in [-0.2, -0.15) is 0 Å². The third-order valence-corrected chi connectivity index (χ3v) is 3.09. The van der Waals surface area contributed by atoms with Gasteiger partial charge in [0, 0.05) is 25.4 Å². The highest BCUT2D eigenvalue weighted by atomic mass is 16.5. The zero-order valence-electron chi connectivity index (χ0n) is 13.5. The van der Waals surface area contributed by atoms with E-state index in [1.54, 1.807) is 26.4 Å². The van der Waals surface area contributed by atoms with Crippen LogP contribution in [0.4, 0.5) is 5.82 Å². The van der Waals surface area contributed by atoms with E-state index in [0.717, 1.165) is 0 Å². The highest BCUT2D eigenvalue weighted by molar-refractivity contribution is 5.54. The summed E-state index contributed by atoms with van der Waals surface area (Å²) in [6, 6.07) is 7.23. The summed E-state index contributed by atoms with van der Waals surface area (Å²) in [6.07, 6.45) is 4.95. The van der Waals surface area contributed by atoms with Gasteiger partial charge in [0.2, 0.25) is 0 Å². The van der Waals surface area contributed by atoms with Gasteiger partial charge in [-0.05, 0) is 11.2 Å². The minimum absolute atomic E-state index is 0.641. The van der Waals surface area contributed by atoms with Gasteiger partial charge in [-0.25, -0.2) is 4.57 Å². The summed E-state index contributed by atoms with van der Waals surface area (Å²) in [5, 5.41) is 15.9. The summed E-state index contributed by atoms with van der Waals surface area (Å²) in [4.78, 5) is 0. The molecule has 0 saturated carbocycles. The maximum atomic E-state index is 5.15. The van der Waals surface area contributed by atoms with Crippen molar-refractivity contribution >= 4 is 12.2 Å². The predicted octanol–water partition coefficient (Wildman–Crippen LogP) is 1.49. The topological polar surface area (TPSA) is 76.7 Å². The Morgan fingerprint density at radius 3 is 2.61 bits per heavy atom. The molecule has 2 aromatic rings. The van der Waals surface area contributed by atoms with Crippen molar-refractivity contribution in [3.8, 4) is 11.5 Å². The number of hydrogen-bond acceptors (Lipinski definition) is 5. The Hall–Kier alpha value is -3.03. The molecule has 23 heavy (non-hydrogen) atoms. The minimum atomic E-state index is 0.641. The van der Waals surface area contributed by atoms with E-state index in [2.05, 4.69) is 20.4 Å². The molecule has 0 aliphatic rings. The number of hydrogen-bond donors (Lipinski definition) is 0. The smallest absolute Gasteiger partial charge is 0.354 e. The standard InChI is InChI=1S/C15H19N6O2/c1-20-7-5-12(22-3)9-14(20)18-16-11-17-19-15-10-13(23-4)6-8-21(15)2/h5-11H,1-4H3/q+1. The number of pyridine rings is 2. The van der Waals surface area contributed by atoms with Crippen LogP contribution >= 0.6 is 0 Å². The van der Waals surface area contributed by atoms with E-state index in [0.29, 0.717) is 22.8 Å². The molecule has 0 radical (unpaired) electrons. The summed E-state index contributed by atoms with van der Waals surface area (Å²) >= 11 is 0. The van der Waals surface area contributed by atoms with Crippen LogP contribution in [0.15, 0.2) is 57.1 Å². The quantitative estimate of drug-likeness (QED) is 0.276. The van der Waals surface area contributed by atoms with Crippen LogP contribution in [0.25, 0.3) is 0 Å². The molecular formula is C15H19N6O2+. The molecule has 0 aliphatic heterocycles. The summed E-state index contributed by atoms with van der Waals surface area (Å²) in [5.74, 6) is 2.06. The van der Waals surface area contributed by atoms with Gasteiger partial charge >= 0.3 is 5.82 Å². The third-order valence-electron chi connectivity index (χ3n) is 3.09. The monoisotopic (exact) mass is 315 g/mol. The van der Waals surface area contributed by atoms with Crippen LogP contribution in [0, 0.1) is 0 Å². The molecule has 120 valence electrons. The molecule has 0 unspecified atom stereocenters. The lowest BCUT2D eigenvalue weighted by molar-refractivity contribution is -0.658. The predicted molar refractivity (Wildman–Crippen MR) is 84.7 cm³/mol. The first-order valence-electron chi connectivity index (χ1n) is 6.85. The van der Waals surface area contributed by atoms with Crippen LogP contribution in [0.2, 0.25) is 0 Å². The maximum absolute atomic E-state index is 5.15. The lowest BCUT2D eigenvalue weighted by atomic mass is 10.4. The van der Waals surface area contributed by atoms with Gasteiger partial charge < -0.3 is 14.0 Å². The van der Waals surface area contributed by atoms with Crippen LogP contribution in [-0.4, -0.2) is 25.1 Å². The fourth-order valence-electron chi connectivity index (χ4n) is 1.72. The number of aryl methyl sites for hydroxylation is 2. The molecule has 2 aromatic heterocycles. The highest BCUT2D eigenvalue weighted by Gasteiger charge is 2.07. The van der Waals surface area contributed by atoms with Crippen LogP contribution in [0.1, 0.15) is 0 Å². The van der Waals surface area contributed by atoms with E-state index in [4.69, 9.17) is 9.47 Å². The second-order valence-electron chi connectivity index (χ2n) is 4.62. The number of rotatable bonds is 5. The van der Waals surface area contributed by atoms with Crippen LogP contribution in [-0.2, 0) is 14.1 Å². The molecule has 2 heterocycles. The van der Waals surface area contributed by atoms with Crippen molar-refractivity contribution in [2.75, 3.05) is 14.2 Å². The van der Waals surface area contributed by atoms with Gasteiger partial charge in [0.25, 0.3) is 0 Å². The molecule has 8 nitrogen and oxygen atoms in total. The zero-order chi connectivity index (χ0) is 16.7. The fraction of sp³-hybridized carbons (Fsp3) is 0.267. The number of nitrogens with zero attached hydrogens (tertiary/aromatic N) is 6. The molecule has 0 atom stereocenters. The van der Waals surface area contributed by atoms with Crippen molar-refractivity contribution in [3.63, 3.8) is 0 Å². The lowest BCUT2D eigenvalue weighted by Crippen LogP contribution is -2.27. The maximum Gasteiger partial charge on any atom is 0.354 e. The van der Waals surface area contributed by atoms with E-state index in [1.165, 1.54) is 6.34 Å². The molecule has 0 saturated heterocycles.